The molecule has 138 valence electrons. The number of aromatic carboxylic acids is 1. The Hall–Kier alpha value is -3.87. The number of aromatic nitrogens is 2. The van der Waals surface area contributed by atoms with Gasteiger partial charge in [-0.2, -0.15) is 0 Å². The van der Waals surface area contributed by atoms with Crippen LogP contribution in [0.5, 0.6) is 0 Å². The number of carboxylic acids is 1. The van der Waals surface area contributed by atoms with E-state index in [9.17, 15) is 9.59 Å². The zero-order chi connectivity index (χ0) is 19.3. The van der Waals surface area contributed by atoms with Crippen LogP contribution in [0.15, 0.2) is 53.1 Å². The van der Waals surface area contributed by atoms with Gasteiger partial charge in [-0.1, -0.05) is 0 Å². The van der Waals surface area contributed by atoms with Gasteiger partial charge < -0.3 is 19.8 Å². The molecule has 5 rings (SSSR count). The summed E-state index contributed by atoms with van der Waals surface area (Å²) in [5, 5.41) is 12.6. The van der Waals surface area contributed by atoms with Crippen molar-refractivity contribution in [2.75, 3.05) is 6.54 Å². The molecule has 0 saturated heterocycles. The number of carbonyl (C=O) groups excluding carboxylic acids is 1. The summed E-state index contributed by atoms with van der Waals surface area (Å²) in [5.74, 6) is -1.25. The van der Waals surface area contributed by atoms with Crippen molar-refractivity contribution in [1.82, 2.24) is 15.3 Å². The highest BCUT2D eigenvalue weighted by atomic mass is 16.4. The number of pyridine rings is 1. The number of fused-ring (bicyclic) bond motifs is 2. The Bertz CT molecular complexity index is 1250. The molecule has 0 radical (unpaired) electrons. The highest BCUT2D eigenvalue weighted by Crippen LogP contribution is 2.29. The topological polar surface area (TPSA) is 108 Å². The SMILES string of the molecule is O=C(O)c1cc2cc(-c3cc(-c4cc5c([nH]4)CCNC5=O)ccn3)ccc2o1. The lowest BCUT2D eigenvalue weighted by molar-refractivity contribution is 0.0664. The Labute approximate surface area is 159 Å². The first kappa shape index (κ1) is 16.3. The monoisotopic (exact) mass is 373 g/mol. The molecule has 7 nitrogen and oxygen atoms in total. The number of carbonyl (C=O) groups is 2. The third-order valence-corrected chi connectivity index (χ3v) is 4.90. The molecule has 1 amide bonds. The molecule has 1 aromatic carbocycles. The minimum atomic E-state index is -1.10. The number of nitrogens with zero attached hydrogens (tertiary/aromatic N) is 1. The van der Waals surface area contributed by atoms with Crippen molar-refractivity contribution >= 4 is 22.8 Å². The lowest BCUT2D eigenvalue weighted by atomic mass is 10.1. The Balaban J connectivity index is 1.55. The van der Waals surface area contributed by atoms with E-state index in [2.05, 4.69) is 15.3 Å². The molecule has 0 unspecified atom stereocenters. The molecule has 0 aliphatic carbocycles. The number of nitrogens with one attached hydrogen (secondary N) is 2. The molecule has 0 saturated carbocycles. The van der Waals surface area contributed by atoms with Crippen LogP contribution in [0, 0.1) is 0 Å². The van der Waals surface area contributed by atoms with Crippen LogP contribution >= 0.6 is 0 Å². The van der Waals surface area contributed by atoms with Gasteiger partial charge in [-0.3, -0.25) is 9.78 Å². The predicted octanol–water partition coefficient (Wildman–Crippen LogP) is 3.47. The number of hydrogen-bond donors (Lipinski definition) is 3. The van der Waals surface area contributed by atoms with Crippen LogP contribution in [-0.2, 0) is 6.42 Å². The van der Waals surface area contributed by atoms with E-state index in [0.29, 0.717) is 23.1 Å². The van der Waals surface area contributed by atoms with Crippen LogP contribution in [0.4, 0.5) is 0 Å². The number of furan rings is 1. The van der Waals surface area contributed by atoms with Crippen molar-refractivity contribution in [2.24, 2.45) is 0 Å². The van der Waals surface area contributed by atoms with E-state index in [1.807, 2.05) is 30.3 Å². The van der Waals surface area contributed by atoms with Gasteiger partial charge in [0.15, 0.2) is 0 Å². The van der Waals surface area contributed by atoms with Crippen molar-refractivity contribution in [3.63, 3.8) is 0 Å². The van der Waals surface area contributed by atoms with E-state index in [1.54, 1.807) is 12.3 Å². The molecule has 28 heavy (non-hydrogen) atoms. The zero-order valence-electron chi connectivity index (χ0n) is 14.7. The molecule has 4 heterocycles. The first-order valence-corrected chi connectivity index (χ1v) is 8.82. The van der Waals surface area contributed by atoms with E-state index >= 15 is 0 Å². The molecule has 7 heteroatoms. The number of benzene rings is 1. The molecule has 0 spiro atoms. The molecule has 0 fully saturated rings. The molecule has 0 bridgehead atoms. The third-order valence-electron chi connectivity index (χ3n) is 4.90. The first-order valence-electron chi connectivity index (χ1n) is 8.82. The number of hydrogen-bond acceptors (Lipinski definition) is 4. The van der Waals surface area contributed by atoms with Gasteiger partial charge in [0.2, 0.25) is 5.76 Å². The second-order valence-electron chi connectivity index (χ2n) is 6.68. The van der Waals surface area contributed by atoms with Crippen molar-refractivity contribution in [2.45, 2.75) is 6.42 Å². The summed E-state index contributed by atoms with van der Waals surface area (Å²) in [6, 6.07) is 12.6. The summed E-state index contributed by atoms with van der Waals surface area (Å²) in [5.41, 5.74) is 5.52. The van der Waals surface area contributed by atoms with E-state index in [-0.39, 0.29) is 11.7 Å². The van der Waals surface area contributed by atoms with E-state index in [4.69, 9.17) is 9.52 Å². The van der Waals surface area contributed by atoms with Crippen LogP contribution in [0.3, 0.4) is 0 Å². The fraction of sp³-hybridized carbons (Fsp3) is 0.0952. The lowest BCUT2D eigenvalue weighted by Gasteiger charge is -2.10. The maximum absolute atomic E-state index is 12.0. The van der Waals surface area contributed by atoms with Crippen molar-refractivity contribution in [1.29, 1.82) is 0 Å². The second-order valence-corrected chi connectivity index (χ2v) is 6.68. The smallest absolute Gasteiger partial charge is 0.371 e. The Morgan fingerprint density at radius 1 is 1.11 bits per heavy atom. The summed E-state index contributed by atoms with van der Waals surface area (Å²) in [6.07, 6.45) is 2.49. The van der Waals surface area contributed by atoms with Gasteiger partial charge in [0.05, 0.1) is 11.3 Å². The van der Waals surface area contributed by atoms with Gasteiger partial charge in [0.25, 0.3) is 5.91 Å². The highest BCUT2D eigenvalue weighted by molar-refractivity contribution is 5.98. The van der Waals surface area contributed by atoms with Gasteiger partial charge in [-0.05, 0) is 42.5 Å². The third kappa shape index (κ3) is 2.64. The average Bonchev–Trinajstić information content (AvgIpc) is 3.33. The van der Waals surface area contributed by atoms with Crippen LogP contribution < -0.4 is 5.32 Å². The number of aromatic amines is 1. The quantitative estimate of drug-likeness (QED) is 0.509. The molecular formula is C21H15N3O4. The second kappa shape index (κ2) is 6.09. The van der Waals surface area contributed by atoms with E-state index in [1.165, 1.54) is 6.07 Å². The molecule has 1 aliphatic heterocycles. The van der Waals surface area contributed by atoms with Gasteiger partial charge in [0, 0.05) is 47.1 Å². The largest absolute Gasteiger partial charge is 0.475 e. The standard InChI is InChI=1S/C21H15N3O4/c25-20-14-10-17(24-15(14)4-6-23-20)12-3-5-22-16(8-12)11-1-2-18-13(7-11)9-19(28-18)21(26)27/h1-3,5,7-10,24H,4,6H2,(H,23,25)(H,26,27). The van der Waals surface area contributed by atoms with Gasteiger partial charge in [-0.25, -0.2) is 4.79 Å². The Morgan fingerprint density at radius 2 is 2.00 bits per heavy atom. The molecule has 3 N–H and O–H groups in total. The molecule has 0 atom stereocenters. The van der Waals surface area contributed by atoms with Gasteiger partial charge in [0.1, 0.15) is 5.58 Å². The summed E-state index contributed by atoms with van der Waals surface area (Å²) >= 11 is 0. The number of carboxylic acid groups (broad SMARTS) is 1. The van der Waals surface area contributed by atoms with Gasteiger partial charge in [-0.15, -0.1) is 0 Å². The lowest BCUT2D eigenvalue weighted by Crippen LogP contribution is -2.31. The van der Waals surface area contributed by atoms with Gasteiger partial charge >= 0.3 is 5.97 Å². The Kier molecular flexibility index (Phi) is 3.55. The summed E-state index contributed by atoms with van der Waals surface area (Å²) in [6.45, 7) is 0.635. The summed E-state index contributed by atoms with van der Waals surface area (Å²) in [4.78, 5) is 30.9. The molecule has 1 aliphatic rings. The molecule has 4 aromatic rings. The maximum Gasteiger partial charge on any atom is 0.371 e. The van der Waals surface area contributed by atoms with Crippen molar-refractivity contribution < 1.29 is 19.1 Å². The normalized spacial score (nSPS) is 13.4. The van der Waals surface area contributed by atoms with E-state index in [0.717, 1.165) is 34.6 Å². The zero-order valence-corrected chi connectivity index (χ0v) is 14.7. The number of rotatable bonds is 3. The van der Waals surface area contributed by atoms with Crippen LogP contribution in [-0.4, -0.2) is 33.5 Å². The Morgan fingerprint density at radius 3 is 2.82 bits per heavy atom. The maximum atomic E-state index is 12.0. The van der Waals surface area contributed by atoms with Crippen LogP contribution in [0.25, 0.3) is 33.5 Å². The van der Waals surface area contributed by atoms with Crippen molar-refractivity contribution in [3.05, 3.63) is 65.7 Å². The number of amides is 1. The number of H-pyrrole nitrogens is 1. The molecule has 3 aromatic heterocycles. The van der Waals surface area contributed by atoms with Crippen LogP contribution in [0.1, 0.15) is 26.6 Å². The fourth-order valence-corrected chi connectivity index (χ4v) is 3.51. The predicted molar refractivity (Wildman–Crippen MR) is 102 cm³/mol. The van der Waals surface area contributed by atoms with Crippen LogP contribution in [0.2, 0.25) is 0 Å². The van der Waals surface area contributed by atoms with E-state index < -0.39 is 5.97 Å². The highest BCUT2D eigenvalue weighted by Gasteiger charge is 2.20. The summed E-state index contributed by atoms with van der Waals surface area (Å²) in [7, 11) is 0. The average molecular weight is 373 g/mol. The minimum Gasteiger partial charge on any atom is -0.475 e. The summed E-state index contributed by atoms with van der Waals surface area (Å²) < 4.78 is 5.31. The molecular weight excluding hydrogens is 358 g/mol. The van der Waals surface area contributed by atoms with Crippen molar-refractivity contribution in [3.8, 4) is 22.5 Å². The minimum absolute atomic E-state index is 0.0577. The first-order chi connectivity index (χ1) is 13.6. The fourth-order valence-electron chi connectivity index (χ4n) is 3.51.